The van der Waals surface area contributed by atoms with Gasteiger partial charge < -0.3 is 10.2 Å². The van der Waals surface area contributed by atoms with Crippen molar-refractivity contribution < 1.29 is 10.2 Å². The molecule has 0 aliphatic heterocycles. The van der Waals surface area contributed by atoms with Crippen LogP contribution in [-0.2, 0) is 0 Å². The lowest BCUT2D eigenvalue weighted by molar-refractivity contribution is 0.0689. The van der Waals surface area contributed by atoms with E-state index in [1.807, 2.05) is 13.8 Å². The molecule has 1 unspecified atom stereocenters. The van der Waals surface area contributed by atoms with Gasteiger partial charge in [0.2, 0.25) is 0 Å². The van der Waals surface area contributed by atoms with Crippen molar-refractivity contribution in [3.63, 3.8) is 0 Å². The van der Waals surface area contributed by atoms with Gasteiger partial charge in [-0.1, -0.05) is 18.6 Å². The smallest absolute Gasteiger partial charge is 0.0591 e. The van der Waals surface area contributed by atoms with E-state index in [9.17, 15) is 5.11 Å². The molecule has 0 aliphatic carbocycles. The molecule has 0 rings (SSSR count). The first-order valence-electron chi connectivity index (χ1n) is 6.84. The molecule has 0 saturated carbocycles. The highest BCUT2D eigenvalue weighted by molar-refractivity contribution is 4.98. The summed E-state index contributed by atoms with van der Waals surface area (Å²) in [6.07, 6.45) is 8.47. The van der Waals surface area contributed by atoms with Gasteiger partial charge in [0.05, 0.1) is 5.60 Å². The second kappa shape index (κ2) is 8.71. The molecule has 102 valence electrons. The fourth-order valence-corrected chi connectivity index (χ4v) is 1.88. The van der Waals surface area contributed by atoms with Crippen LogP contribution in [0, 0.1) is 5.92 Å². The summed E-state index contributed by atoms with van der Waals surface area (Å²) in [6.45, 7) is 8.38. The lowest BCUT2D eigenvalue weighted by Gasteiger charge is -2.16. The number of hydrogen-bond acceptors (Lipinski definition) is 2. The standard InChI is InChI=1S/C15H30O2/c1-13(9-6-11-15(3,4)17)7-5-8-14(2)10-12-16/h7,14,16-17H,5-6,8-12H2,1-4H3. The molecule has 0 spiro atoms. The van der Waals surface area contributed by atoms with Crippen molar-refractivity contribution in [3.8, 4) is 0 Å². The zero-order valence-corrected chi connectivity index (χ0v) is 12.0. The van der Waals surface area contributed by atoms with Crippen molar-refractivity contribution in [2.24, 2.45) is 5.92 Å². The van der Waals surface area contributed by atoms with Gasteiger partial charge in [0.15, 0.2) is 0 Å². The normalized spacial score (nSPS) is 15.1. The highest BCUT2D eigenvalue weighted by Gasteiger charge is 2.11. The van der Waals surface area contributed by atoms with Crippen molar-refractivity contribution >= 4 is 0 Å². The molecule has 0 heterocycles. The Morgan fingerprint density at radius 3 is 2.47 bits per heavy atom. The second-order valence-corrected chi connectivity index (χ2v) is 5.91. The highest BCUT2D eigenvalue weighted by Crippen LogP contribution is 2.17. The minimum atomic E-state index is -0.532. The molecule has 2 heteroatoms. The summed E-state index contributed by atoms with van der Waals surface area (Å²) in [5, 5.41) is 18.4. The molecule has 0 aromatic rings. The molecule has 0 saturated heterocycles. The Morgan fingerprint density at radius 2 is 1.94 bits per heavy atom. The summed E-state index contributed by atoms with van der Waals surface area (Å²) in [7, 11) is 0. The first-order valence-corrected chi connectivity index (χ1v) is 6.84. The second-order valence-electron chi connectivity index (χ2n) is 5.91. The lowest BCUT2D eigenvalue weighted by Crippen LogP contribution is -2.17. The maximum atomic E-state index is 9.60. The van der Waals surface area contributed by atoms with Crippen LogP contribution in [-0.4, -0.2) is 22.4 Å². The molecule has 0 aromatic heterocycles. The van der Waals surface area contributed by atoms with Crippen LogP contribution >= 0.6 is 0 Å². The average molecular weight is 242 g/mol. The van der Waals surface area contributed by atoms with Gasteiger partial charge in [-0.25, -0.2) is 0 Å². The van der Waals surface area contributed by atoms with Crippen molar-refractivity contribution in [1.29, 1.82) is 0 Å². The first-order chi connectivity index (χ1) is 7.85. The third-order valence-electron chi connectivity index (χ3n) is 3.13. The number of rotatable bonds is 9. The molecule has 2 nitrogen and oxygen atoms in total. The average Bonchev–Trinajstić information content (AvgIpc) is 2.16. The summed E-state index contributed by atoms with van der Waals surface area (Å²) >= 11 is 0. The molecule has 0 aromatic carbocycles. The fraction of sp³-hybridized carbons (Fsp3) is 0.867. The van der Waals surface area contributed by atoms with E-state index >= 15 is 0 Å². The largest absolute Gasteiger partial charge is 0.396 e. The van der Waals surface area contributed by atoms with Crippen LogP contribution < -0.4 is 0 Å². The third-order valence-corrected chi connectivity index (χ3v) is 3.13. The van der Waals surface area contributed by atoms with Crippen LogP contribution in [0.2, 0.25) is 0 Å². The van der Waals surface area contributed by atoms with Gasteiger partial charge >= 0.3 is 0 Å². The van der Waals surface area contributed by atoms with E-state index in [2.05, 4.69) is 19.9 Å². The first kappa shape index (κ1) is 16.7. The minimum absolute atomic E-state index is 0.301. The molecule has 0 aliphatic rings. The number of aliphatic hydroxyl groups excluding tert-OH is 1. The van der Waals surface area contributed by atoms with Gasteiger partial charge in [-0.05, 0) is 65.2 Å². The van der Waals surface area contributed by atoms with Crippen molar-refractivity contribution in [2.45, 2.75) is 71.8 Å². The van der Waals surface area contributed by atoms with Crippen LogP contribution in [0.3, 0.4) is 0 Å². The van der Waals surface area contributed by atoms with Crippen LogP contribution in [0.4, 0.5) is 0 Å². The van der Waals surface area contributed by atoms with Crippen LogP contribution in [0.25, 0.3) is 0 Å². The van der Waals surface area contributed by atoms with Gasteiger partial charge in [-0.3, -0.25) is 0 Å². The van der Waals surface area contributed by atoms with Gasteiger partial charge in [0.1, 0.15) is 0 Å². The van der Waals surface area contributed by atoms with Crippen LogP contribution in [0.5, 0.6) is 0 Å². The summed E-state index contributed by atoms with van der Waals surface area (Å²) in [4.78, 5) is 0. The Hall–Kier alpha value is -0.340. The maximum absolute atomic E-state index is 9.60. The van der Waals surface area contributed by atoms with E-state index in [4.69, 9.17) is 5.11 Å². The van der Waals surface area contributed by atoms with Crippen molar-refractivity contribution in [2.75, 3.05) is 6.61 Å². The number of hydrogen-bond donors (Lipinski definition) is 2. The molecular weight excluding hydrogens is 212 g/mol. The summed E-state index contributed by atoms with van der Waals surface area (Å²) in [6, 6.07) is 0. The Bertz CT molecular complexity index is 213. The molecule has 0 bridgehead atoms. The highest BCUT2D eigenvalue weighted by atomic mass is 16.3. The zero-order chi connectivity index (χ0) is 13.3. The van der Waals surface area contributed by atoms with E-state index in [1.165, 1.54) is 5.57 Å². The fourth-order valence-electron chi connectivity index (χ4n) is 1.88. The summed E-state index contributed by atoms with van der Waals surface area (Å²) < 4.78 is 0. The van der Waals surface area contributed by atoms with E-state index in [0.29, 0.717) is 12.5 Å². The van der Waals surface area contributed by atoms with Gasteiger partial charge in [-0.15, -0.1) is 0 Å². The molecule has 1 atom stereocenters. The Labute approximate surface area is 107 Å². The predicted molar refractivity (Wildman–Crippen MR) is 74.0 cm³/mol. The van der Waals surface area contributed by atoms with Gasteiger partial charge in [-0.2, -0.15) is 0 Å². The molecule has 2 N–H and O–H groups in total. The van der Waals surface area contributed by atoms with Gasteiger partial charge in [0, 0.05) is 6.61 Å². The Morgan fingerprint density at radius 1 is 1.29 bits per heavy atom. The predicted octanol–water partition coefficient (Wildman–Crippen LogP) is 3.67. The molecule has 0 radical (unpaired) electrons. The van der Waals surface area contributed by atoms with Gasteiger partial charge in [0.25, 0.3) is 0 Å². The van der Waals surface area contributed by atoms with E-state index < -0.39 is 5.60 Å². The topological polar surface area (TPSA) is 40.5 Å². The number of allylic oxidation sites excluding steroid dienone is 2. The van der Waals surface area contributed by atoms with E-state index in [1.54, 1.807) is 0 Å². The minimum Gasteiger partial charge on any atom is -0.396 e. The maximum Gasteiger partial charge on any atom is 0.0591 e. The SMILES string of the molecule is CC(=CCCC(C)CCO)CCCC(C)(C)O. The molecule has 17 heavy (non-hydrogen) atoms. The quantitative estimate of drug-likeness (QED) is 0.606. The summed E-state index contributed by atoms with van der Waals surface area (Å²) in [5.41, 5.74) is 0.890. The Kier molecular flexibility index (Phi) is 8.53. The Balaban J connectivity index is 3.65. The van der Waals surface area contributed by atoms with Crippen molar-refractivity contribution in [1.82, 2.24) is 0 Å². The van der Waals surface area contributed by atoms with Crippen molar-refractivity contribution in [3.05, 3.63) is 11.6 Å². The number of aliphatic hydroxyl groups is 2. The monoisotopic (exact) mass is 242 g/mol. The molecule has 0 amide bonds. The van der Waals surface area contributed by atoms with E-state index in [-0.39, 0.29) is 0 Å². The van der Waals surface area contributed by atoms with E-state index in [0.717, 1.165) is 38.5 Å². The van der Waals surface area contributed by atoms with Crippen LogP contribution in [0.15, 0.2) is 11.6 Å². The molecular formula is C15H30O2. The summed E-state index contributed by atoms with van der Waals surface area (Å²) in [5.74, 6) is 0.612. The van der Waals surface area contributed by atoms with Crippen LogP contribution in [0.1, 0.15) is 66.2 Å². The third kappa shape index (κ3) is 11.9. The lowest BCUT2D eigenvalue weighted by atomic mass is 9.98. The molecule has 0 fully saturated rings. The zero-order valence-electron chi connectivity index (χ0n) is 12.0.